The van der Waals surface area contributed by atoms with E-state index in [1.807, 2.05) is 43.3 Å². The van der Waals surface area contributed by atoms with Gasteiger partial charge in [-0.05, 0) is 36.8 Å². The average Bonchev–Trinajstić information content (AvgIpc) is 3.49. The first kappa shape index (κ1) is 34.0. The SMILES string of the molecule is CC[C@H](C)[C@H](NC(=O)C(=O)C(C)NC(=O)C(Cc1ccccc1)NC(=O)Cc1ccccc1)C(=O)NC1(C(=O)O)CCCC1. The van der Waals surface area contributed by atoms with Crippen molar-refractivity contribution in [2.45, 2.75) is 89.4 Å². The number of benzene rings is 2. The average molecular weight is 607 g/mol. The molecule has 44 heavy (non-hydrogen) atoms. The maximum atomic E-state index is 13.3. The number of carboxylic acids is 1. The third-order valence-corrected chi connectivity index (χ3v) is 8.13. The Morgan fingerprint density at radius 1 is 0.795 bits per heavy atom. The van der Waals surface area contributed by atoms with Gasteiger partial charge in [0.25, 0.3) is 5.91 Å². The van der Waals surface area contributed by atoms with Crippen LogP contribution in [0.5, 0.6) is 0 Å². The van der Waals surface area contributed by atoms with Gasteiger partial charge in [0, 0.05) is 6.42 Å². The second-order valence-electron chi connectivity index (χ2n) is 11.5. The molecule has 11 nitrogen and oxygen atoms in total. The summed E-state index contributed by atoms with van der Waals surface area (Å²) < 4.78 is 0. The van der Waals surface area contributed by atoms with Crippen molar-refractivity contribution < 1.29 is 33.9 Å². The van der Waals surface area contributed by atoms with Gasteiger partial charge < -0.3 is 26.4 Å². The van der Waals surface area contributed by atoms with Gasteiger partial charge in [-0.1, -0.05) is 93.8 Å². The molecule has 11 heteroatoms. The molecule has 1 saturated carbocycles. The van der Waals surface area contributed by atoms with Crippen LogP contribution in [0.15, 0.2) is 60.7 Å². The van der Waals surface area contributed by atoms with Gasteiger partial charge in [-0.25, -0.2) is 4.79 Å². The lowest BCUT2D eigenvalue weighted by Crippen LogP contribution is -2.61. The highest BCUT2D eigenvalue weighted by molar-refractivity contribution is 6.38. The molecule has 0 aromatic heterocycles. The molecule has 236 valence electrons. The molecule has 2 aromatic rings. The van der Waals surface area contributed by atoms with Crippen LogP contribution in [0.4, 0.5) is 0 Å². The Bertz CT molecular complexity index is 1330. The summed E-state index contributed by atoms with van der Waals surface area (Å²) in [6, 6.07) is 14.7. The van der Waals surface area contributed by atoms with Gasteiger partial charge in [-0.15, -0.1) is 0 Å². The number of carbonyl (C=O) groups is 6. The Kier molecular flexibility index (Phi) is 12.2. The highest BCUT2D eigenvalue weighted by atomic mass is 16.4. The number of Topliss-reactive ketones (excluding diaryl/α,β-unsaturated/α-hetero) is 1. The van der Waals surface area contributed by atoms with Gasteiger partial charge in [-0.3, -0.25) is 24.0 Å². The molecule has 1 aliphatic carbocycles. The lowest BCUT2D eigenvalue weighted by molar-refractivity contribution is -0.148. The molecule has 0 aliphatic heterocycles. The first-order valence-electron chi connectivity index (χ1n) is 15.0. The van der Waals surface area contributed by atoms with Crippen molar-refractivity contribution in [1.82, 2.24) is 21.3 Å². The lowest BCUT2D eigenvalue weighted by atomic mass is 9.93. The van der Waals surface area contributed by atoms with E-state index in [1.165, 1.54) is 6.92 Å². The quantitative estimate of drug-likeness (QED) is 0.193. The van der Waals surface area contributed by atoms with E-state index in [1.54, 1.807) is 31.2 Å². The summed E-state index contributed by atoms with van der Waals surface area (Å²) >= 11 is 0. The van der Waals surface area contributed by atoms with Crippen LogP contribution in [0.3, 0.4) is 0 Å². The molecule has 0 saturated heterocycles. The van der Waals surface area contributed by atoms with Crippen molar-refractivity contribution in [1.29, 1.82) is 0 Å². The van der Waals surface area contributed by atoms with Crippen LogP contribution in [-0.4, -0.2) is 64.2 Å². The maximum Gasteiger partial charge on any atom is 0.329 e. The smallest absolute Gasteiger partial charge is 0.329 e. The molecule has 0 bridgehead atoms. The van der Waals surface area contributed by atoms with Crippen molar-refractivity contribution in [2.24, 2.45) is 5.92 Å². The van der Waals surface area contributed by atoms with E-state index in [2.05, 4.69) is 21.3 Å². The largest absolute Gasteiger partial charge is 0.480 e. The summed E-state index contributed by atoms with van der Waals surface area (Å²) in [5.41, 5.74) is 0.150. The third-order valence-electron chi connectivity index (χ3n) is 8.13. The first-order chi connectivity index (χ1) is 21.0. The highest BCUT2D eigenvalue weighted by Crippen LogP contribution is 2.30. The highest BCUT2D eigenvalue weighted by Gasteiger charge is 2.44. The summed E-state index contributed by atoms with van der Waals surface area (Å²) in [7, 11) is 0. The van der Waals surface area contributed by atoms with Crippen LogP contribution in [0, 0.1) is 5.92 Å². The molecule has 0 heterocycles. The van der Waals surface area contributed by atoms with Crippen molar-refractivity contribution in [3.63, 3.8) is 0 Å². The molecule has 1 aliphatic rings. The molecule has 1 fully saturated rings. The predicted molar refractivity (Wildman–Crippen MR) is 163 cm³/mol. The summed E-state index contributed by atoms with van der Waals surface area (Å²) in [5, 5.41) is 20.1. The minimum Gasteiger partial charge on any atom is -0.480 e. The zero-order valence-corrected chi connectivity index (χ0v) is 25.4. The summed E-state index contributed by atoms with van der Waals surface area (Å²) in [6.45, 7) is 4.87. The van der Waals surface area contributed by atoms with Crippen LogP contribution in [0.1, 0.15) is 64.0 Å². The van der Waals surface area contributed by atoms with Gasteiger partial charge in [0.2, 0.25) is 23.5 Å². The minimum atomic E-state index is -1.41. The van der Waals surface area contributed by atoms with E-state index >= 15 is 0 Å². The molecule has 4 amide bonds. The zero-order chi connectivity index (χ0) is 32.3. The molecular formula is C33H42N4O7. The first-order valence-corrected chi connectivity index (χ1v) is 15.0. The molecule has 0 spiro atoms. The normalized spacial score (nSPS) is 16.4. The monoisotopic (exact) mass is 606 g/mol. The van der Waals surface area contributed by atoms with E-state index in [-0.39, 0.29) is 31.6 Å². The lowest BCUT2D eigenvalue weighted by Gasteiger charge is -2.30. The molecule has 4 atom stereocenters. The third kappa shape index (κ3) is 9.23. The van der Waals surface area contributed by atoms with E-state index in [0.717, 1.165) is 11.1 Å². The Hall–Kier alpha value is -4.54. The fourth-order valence-electron chi connectivity index (χ4n) is 5.26. The van der Waals surface area contributed by atoms with E-state index in [4.69, 9.17) is 0 Å². The van der Waals surface area contributed by atoms with Crippen LogP contribution in [0.2, 0.25) is 0 Å². The molecule has 2 unspecified atom stereocenters. The number of hydrogen-bond donors (Lipinski definition) is 5. The number of aliphatic carboxylic acids is 1. The topological polar surface area (TPSA) is 171 Å². The van der Waals surface area contributed by atoms with Crippen molar-refractivity contribution >= 4 is 35.4 Å². The van der Waals surface area contributed by atoms with Crippen LogP contribution >= 0.6 is 0 Å². The van der Waals surface area contributed by atoms with E-state index in [9.17, 15) is 33.9 Å². The Balaban J connectivity index is 1.68. The fourth-order valence-corrected chi connectivity index (χ4v) is 5.26. The van der Waals surface area contributed by atoms with Gasteiger partial charge in [-0.2, -0.15) is 0 Å². The van der Waals surface area contributed by atoms with Crippen LogP contribution in [0.25, 0.3) is 0 Å². The van der Waals surface area contributed by atoms with Gasteiger partial charge in [0.15, 0.2) is 0 Å². The standard InChI is InChI=1S/C33H42N4O7/c1-4-21(2)27(30(41)37-33(32(43)44)17-11-12-18-33)36-31(42)28(39)22(3)34-29(40)25(19-23-13-7-5-8-14-23)35-26(38)20-24-15-9-6-10-16-24/h5-10,13-16,21-22,25,27H,4,11-12,17-20H2,1-3H3,(H,34,40)(H,35,38)(H,36,42)(H,37,41)(H,43,44)/t21-,22?,25?,27-/m0/s1. The van der Waals surface area contributed by atoms with Crippen molar-refractivity contribution in [3.05, 3.63) is 71.8 Å². The van der Waals surface area contributed by atoms with Crippen molar-refractivity contribution in [2.75, 3.05) is 0 Å². The Labute approximate surface area is 257 Å². The molecule has 2 aromatic carbocycles. The number of rotatable bonds is 15. The van der Waals surface area contributed by atoms with E-state index < -0.39 is 59.1 Å². The maximum absolute atomic E-state index is 13.3. The summed E-state index contributed by atoms with van der Waals surface area (Å²) in [5.74, 6) is -5.31. The van der Waals surface area contributed by atoms with Crippen molar-refractivity contribution in [3.8, 4) is 0 Å². The number of amides is 4. The summed E-state index contributed by atoms with van der Waals surface area (Å²) in [6.07, 6.45) is 2.55. The van der Waals surface area contributed by atoms with Gasteiger partial charge >= 0.3 is 5.97 Å². The predicted octanol–water partition coefficient (Wildman–Crippen LogP) is 2.07. The van der Waals surface area contributed by atoms with E-state index in [0.29, 0.717) is 19.3 Å². The zero-order valence-electron chi connectivity index (χ0n) is 25.4. The number of ketones is 1. The van der Waals surface area contributed by atoms with Crippen LogP contribution < -0.4 is 21.3 Å². The number of carbonyl (C=O) groups excluding carboxylic acids is 5. The Morgan fingerprint density at radius 2 is 1.36 bits per heavy atom. The Morgan fingerprint density at radius 3 is 1.91 bits per heavy atom. The molecule has 3 rings (SSSR count). The fraction of sp³-hybridized carbons (Fsp3) is 0.455. The second-order valence-corrected chi connectivity index (χ2v) is 11.5. The van der Waals surface area contributed by atoms with Crippen LogP contribution in [-0.2, 0) is 41.6 Å². The minimum absolute atomic E-state index is 0.0541. The van der Waals surface area contributed by atoms with Gasteiger partial charge in [0.1, 0.15) is 17.6 Å². The molecule has 0 radical (unpaired) electrons. The number of hydrogen-bond acceptors (Lipinski definition) is 6. The van der Waals surface area contributed by atoms with Gasteiger partial charge in [0.05, 0.1) is 12.5 Å². The second kappa shape index (κ2) is 15.8. The number of nitrogens with one attached hydrogen (secondary N) is 4. The molecular weight excluding hydrogens is 564 g/mol. The number of carboxylic acid groups (broad SMARTS) is 1. The summed E-state index contributed by atoms with van der Waals surface area (Å²) in [4.78, 5) is 77.4. The molecule has 5 N–H and O–H groups in total.